The molecule has 0 radical (unpaired) electrons. The van der Waals surface area contributed by atoms with Crippen molar-refractivity contribution in [3.63, 3.8) is 0 Å². The predicted molar refractivity (Wildman–Crippen MR) is 195 cm³/mol. The molecule has 0 bridgehead atoms. The number of para-hydroxylation sites is 2. The highest BCUT2D eigenvalue weighted by molar-refractivity contribution is 7.91. The van der Waals surface area contributed by atoms with E-state index in [0.29, 0.717) is 50.1 Å². The second-order valence-corrected chi connectivity index (χ2v) is 17.2. The second kappa shape index (κ2) is 14.8. The number of allylic oxidation sites excluding steroid dienone is 1. The summed E-state index contributed by atoms with van der Waals surface area (Å²) in [6.07, 6.45) is 1.58. The SMILES string of the molecule is CC(C)n1c(O[C@@H]2C[C@H]3C(=O)N[C@]4(C(=O)NS(=O)(=O)C5CC5)C[C@@H]4/C=C\CCCCC[C@H](Nc4cc(F)cc(C(F)(F)F)c4)C(=O)N3C2)nc2ccccc21. The van der Waals surface area contributed by atoms with E-state index >= 15 is 0 Å². The molecule has 0 spiro atoms. The lowest BCUT2D eigenvalue weighted by molar-refractivity contribution is -0.140. The Labute approximate surface area is 316 Å². The molecule has 7 rings (SSSR count). The number of nitrogens with one attached hydrogen (secondary N) is 3. The molecule has 0 unspecified atom stereocenters. The molecule has 3 fully saturated rings. The lowest BCUT2D eigenvalue weighted by Crippen LogP contribution is -2.57. The van der Waals surface area contributed by atoms with E-state index in [9.17, 15) is 40.4 Å². The summed E-state index contributed by atoms with van der Waals surface area (Å²) >= 11 is 0. The van der Waals surface area contributed by atoms with E-state index in [1.807, 2.05) is 48.8 Å². The lowest BCUT2D eigenvalue weighted by Gasteiger charge is -2.30. The maximum atomic E-state index is 14.6. The second-order valence-electron chi connectivity index (χ2n) is 15.3. The number of fused-ring (bicyclic) bond motifs is 3. The van der Waals surface area contributed by atoms with Crippen LogP contribution in [0.25, 0.3) is 11.0 Å². The summed E-state index contributed by atoms with van der Waals surface area (Å²) in [7, 11) is -3.95. The van der Waals surface area contributed by atoms with Gasteiger partial charge in [0.05, 0.1) is 28.4 Å². The maximum Gasteiger partial charge on any atom is 0.416 e. The van der Waals surface area contributed by atoms with Gasteiger partial charge in [-0.15, -0.1) is 0 Å². The van der Waals surface area contributed by atoms with Crippen molar-refractivity contribution in [1.82, 2.24) is 24.5 Å². The number of amides is 3. The highest BCUT2D eigenvalue weighted by atomic mass is 32.2. The molecule has 2 saturated carbocycles. The van der Waals surface area contributed by atoms with E-state index in [-0.39, 0.29) is 43.5 Å². The molecule has 2 aliphatic heterocycles. The fraction of sp³-hybridized carbons (Fsp3) is 0.526. The molecule has 3 amide bonds. The molecule has 17 heteroatoms. The normalized spacial score (nSPS) is 27.1. The van der Waals surface area contributed by atoms with Gasteiger partial charge < -0.3 is 20.3 Å². The number of hydrogen-bond acceptors (Lipinski definition) is 8. The highest BCUT2D eigenvalue weighted by Crippen LogP contribution is 2.46. The Morgan fingerprint density at radius 3 is 2.56 bits per heavy atom. The molecule has 1 saturated heterocycles. The van der Waals surface area contributed by atoms with E-state index in [2.05, 4.69) is 20.3 Å². The molecule has 1 aromatic heterocycles. The predicted octanol–water partition coefficient (Wildman–Crippen LogP) is 5.61. The van der Waals surface area contributed by atoms with Crippen molar-refractivity contribution in [2.45, 2.75) is 113 Å². The molecule has 3 heterocycles. The van der Waals surface area contributed by atoms with Crippen LogP contribution in [-0.4, -0.2) is 76.1 Å². The van der Waals surface area contributed by atoms with Crippen molar-refractivity contribution in [2.75, 3.05) is 11.9 Å². The van der Waals surface area contributed by atoms with Gasteiger partial charge in [0, 0.05) is 24.1 Å². The van der Waals surface area contributed by atoms with E-state index < -0.39 is 80.2 Å². The minimum atomic E-state index is -4.84. The van der Waals surface area contributed by atoms with Gasteiger partial charge in [-0.1, -0.05) is 37.1 Å². The summed E-state index contributed by atoms with van der Waals surface area (Å²) in [4.78, 5) is 48.6. The molecule has 3 N–H and O–H groups in total. The van der Waals surface area contributed by atoms with Gasteiger partial charge in [0.15, 0.2) is 0 Å². The third-order valence-electron chi connectivity index (χ3n) is 10.8. The molecule has 4 aliphatic rings. The molecule has 12 nitrogen and oxygen atoms in total. The Bertz CT molecular complexity index is 2120. The number of benzene rings is 2. The van der Waals surface area contributed by atoms with Crippen molar-refractivity contribution in [1.29, 1.82) is 0 Å². The third kappa shape index (κ3) is 8.17. The van der Waals surface area contributed by atoms with Gasteiger partial charge in [0.25, 0.3) is 11.9 Å². The van der Waals surface area contributed by atoms with Crippen LogP contribution in [0.4, 0.5) is 23.2 Å². The number of carbonyl (C=O) groups is 3. The molecule has 2 aromatic carbocycles. The van der Waals surface area contributed by atoms with Gasteiger partial charge in [0.1, 0.15) is 29.5 Å². The Morgan fingerprint density at radius 1 is 1.07 bits per heavy atom. The van der Waals surface area contributed by atoms with Gasteiger partial charge in [-0.2, -0.15) is 18.2 Å². The summed E-state index contributed by atoms with van der Waals surface area (Å²) in [5, 5.41) is 4.96. The third-order valence-corrected chi connectivity index (χ3v) is 12.6. The number of halogens is 4. The van der Waals surface area contributed by atoms with Gasteiger partial charge in [-0.3, -0.25) is 23.7 Å². The van der Waals surface area contributed by atoms with Crippen molar-refractivity contribution in [3.05, 3.63) is 66.0 Å². The lowest BCUT2D eigenvalue weighted by atomic mass is 10.0. The van der Waals surface area contributed by atoms with E-state index in [1.165, 1.54) is 4.90 Å². The van der Waals surface area contributed by atoms with E-state index in [4.69, 9.17) is 4.74 Å². The van der Waals surface area contributed by atoms with Crippen LogP contribution in [0, 0.1) is 11.7 Å². The van der Waals surface area contributed by atoms with Crippen LogP contribution in [0.15, 0.2) is 54.6 Å². The van der Waals surface area contributed by atoms with Crippen LogP contribution in [0.2, 0.25) is 0 Å². The molecule has 55 heavy (non-hydrogen) atoms. The standard InChI is InChI=1S/C38H44F4N6O6S/c1-22(2)48-31-13-9-8-11-29(31)44-36(48)54-27-19-32-33(49)45-37(35(51)46-55(52,53)28-14-15-28)20-23(37)10-6-4-3-5-7-12-30(34(50)47(32)21-27)43-26-17-24(38(40,41)42)16-25(39)18-26/h6,8-11,13,16-18,22-23,27-28,30,32,43H,3-5,7,12,14-15,19-21H2,1-2H3,(H,45,49)(H,46,51)/b10-6-/t23-,27+,30-,32-,37+/m0/s1. The molecular formula is C38H44F4N6O6S. The van der Waals surface area contributed by atoms with Gasteiger partial charge in [-0.25, -0.2) is 12.8 Å². The first-order valence-electron chi connectivity index (χ1n) is 18.7. The number of aromatic nitrogens is 2. The Morgan fingerprint density at radius 2 is 1.84 bits per heavy atom. The Balaban J connectivity index is 1.22. The number of anilines is 1. The average Bonchev–Trinajstić information content (AvgIpc) is 4.01. The number of nitrogens with zero attached hydrogens (tertiary/aromatic N) is 3. The zero-order chi connectivity index (χ0) is 39.3. The highest BCUT2D eigenvalue weighted by Gasteiger charge is 2.62. The Hall–Kier alpha value is -4.67. The van der Waals surface area contributed by atoms with Crippen molar-refractivity contribution in [2.24, 2.45) is 5.92 Å². The summed E-state index contributed by atoms with van der Waals surface area (Å²) in [5.74, 6) is -3.83. The summed E-state index contributed by atoms with van der Waals surface area (Å²) in [6, 6.07) is 7.22. The van der Waals surface area contributed by atoms with Crippen LogP contribution in [0.5, 0.6) is 6.01 Å². The van der Waals surface area contributed by atoms with Crippen LogP contribution in [0.3, 0.4) is 0 Å². The van der Waals surface area contributed by atoms with Crippen LogP contribution < -0.4 is 20.1 Å². The smallest absolute Gasteiger partial charge is 0.416 e. The van der Waals surface area contributed by atoms with Crippen molar-refractivity contribution >= 4 is 44.5 Å². The zero-order valence-corrected chi connectivity index (χ0v) is 31.3. The number of rotatable bonds is 8. The minimum Gasteiger partial charge on any atom is -0.459 e. The maximum absolute atomic E-state index is 14.6. The largest absolute Gasteiger partial charge is 0.459 e. The number of hydrogen-bond donors (Lipinski definition) is 3. The van der Waals surface area contributed by atoms with E-state index in [1.54, 1.807) is 6.08 Å². The van der Waals surface area contributed by atoms with Gasteiger partial charge in [-0.05, 0) is 82.7 Å². The van der Waals surface area contributed by atoms with Crippen LogP contribution in [-0.2, 0) is 30.6 Å². The first-order valence-corrected chi connectivity index (χ1v) is 20.2. The minimum absolute atomic E-state index is 0.0393. The topological polar surface area (TPSA) is 152 Å². The molecule has 296 valence electrons. The number of sulfonamides is 1. The first-order chi connectivity index (χ1) is 26.1. The quantitative estimate of drug-likeness (QED) is 0.197. The van der Waals surface area contributed by atoms with Gasteiger partial charge in [0.2, 0.25) is 21.8 Å². The molecular weight excluding hydrogens is 745 g/mol. The summed E-state index contributed by atoms with van der Waals surface area (Å²) in [5.41, 5.74) is -1.57. The number of ether oxygens (including phenoxy) is 1. The first kappa shape index (κ1) is 38.6. The number of imidazole rings is 1. The van der Waals surface area contributed by atoms with Crippen LogP contribution in [0.1, 0.15) is 83.2 Å². The number of alkyl halides is 3. The zero-order valence-electron chi connectivity index (χ0n) is 30.4. The number of carbonyl (C=O) groups excluding carboxylic acids is 3. The summed E-state index contributed by atoms with van der Waals surface area (Å²) in [6.45, 7) is 3.79. The van der Waals surface area contributed by atoms with Crippen molar-refractivity contribution in [3.8, 4) is 6.01 Å². The average molecular weight is 789 g/mol. The fourth-order valence-electron chi connectivity index (χ4n) is 7.64. The van der Waals surface area contributed by atoms with Crippen molar-refractivity contribution < 1.29 is 45.1 Å². The Kier molecular flexibility index (Phi) is 10.4. The fourth-order valence-corrected chi connectivity index (χ4v) is 9.00. The van der Waals surface area contributed by atoms with Gasteiger partial charge >= 0.3 is 6.18 Å². The summed E-state index contributed by atoms with van der Waals surface area (Å²) < 4.78 is 91.6. The monoisotopic (exact) mass is 788 g/mol. The molecule has 2 aliphatic carbocycles. The molecule has 3 aromatic rings. The van der Waals surface area contributed by atoms with Crippen LogP contribution >= 0.6 is 0 Å². The molecule has 5 atom stereocenters. The van der Waals surface area contributed by atoms with E-state index in [0.717, 1.165) is 17.6 Å².